The number of aromatic amines is 2. The molecule has 2 rings (SSSR count). The first-order valence-electron chi connectivity index (χ1n) is 6.67. The van der Waals surface area contributed by atoms with Gasteiger partial charge in [-0.3, -0.25) is 9.78 Å². The van der Waals surface area contributed by atoms with Gasteiger partial charge in [-0.1, -0.05) is 0 Å². The second kappa shape index (κ2) is 6.32. The minimum absolute atomic E-state index is 0.000477. The molecule has 120 valence electrons. The summed E-state index contributed by atoms with van der Waals surface area (Å²) in [5.41, 5.74) is -1.68. The Kier molecular flexibility index (Phi) is 4.67. The summed E-state index contributed by atoms with van der Waals surface area (Å²) in [5.74, 6) is 0.754. The molecule has 0 aromatic carbocycles. The molecule has 0 aliphatic heterocycles. The van der Waals surface area contributed by atoms with E-state index in [1.807, 2.05) is 4.98 Å². The zero-order chi connectivity index (χ0) is 16.3. The number of H-pyrrole nitrogens is 2. The van der Waals surface area contributed by atoms with E-state index in [1.54, 1.807) is 25.3 Å². The van der Waals surface area contributed by atoms with E-state index in [-0.39, 0.29) is 5.69 Å². The minimum Gasteiger partial charge on any atom is -0.469 e. The Morgan fingerprint density at radius 2 is 2.05 bits per heavy atom. The third kappa shape index (κ3) is 3.74. The van der Waals surface area contributed by atoms with Gasteiger partial charge in [-0.25, -0.2) is 17.9 Å². The molecule has 1 unspecified atom stereocenters. The fraction of sp³-hybridized carbons (Fsp3) is 0.385. The van der Waals surface area contributed by atoms with Crippen LogP contribution in [0.5, 0.6) is 0 Å². The Bertz CT molecular complexity index is 849. The van der Waals surface area contributed by atoms with Crippen molar-refractivity contribution >= 4 is 10.0 Å². The molecule has 0 amide bonds. The molecular formula is C13H17N3O5S. The summed E-state index contributed by atoms with van der Waals surface area (Å²) in [5, 5.41) is 0. The van der Waals surface area contributed by atoms with Gasteiger partial charge in [0.05, 0.1) is 6.26 Å². The SMILES string of the molecule is Cc1[nH]c(=O)[nH]c(=O)c1S(=O)(=O)NC(C)CCc1ccco1. The Labute approximate surface area is 126 Å². The summed E-state index contributed by atoms with van der Waals surface area (Å²) < 4.78 is 32.2. The van der Waals surface area contributed by atoms with E-state index in [9.17, 15) is 18.0 Å². The van der Waals surface area contributed by atoms with Crippen molar-refractivity contribution in [2.24, 2.45) is 0 Å². The molecular weight excluding hydrogens is 310 g/mol. The standard InChI is InChI=1S/C13H17N3O5S/c1-8(5-6-10-4-3-7-21-10)16-22(19,20)11-9(2)14-13(18)15-12(11)17/h3-4,7-8,16H,5-6H2,1-2H3,(H2,14,15,17,18). The van der Waals surface area contributed by atoms with Crippen molar-refractivity contribution in [3.05, 3.63) is 50.7 Å². The number of hydrogen-bond donors (Lipinski definition) is 3. The lowest BCUT2D eigenvalue weighted by Crippen LogP contribution is -2.38. The van der Waals surface area contributed by atoms with Gasteiger partial charge in [0.15, 0.2) is 4.90 Å². The van der Waals surface area contributed by atoms with Crippen LogP contribution in [0.4, 0.5) is 0 Å². The lowest BCUT2D eigenvalue weighted by molar-refractivity contribution is 0.479. The van der Waals surface area contributed by atoms with E-state index in [2.05, 4.69) is 9.71 Å². The van der Waals surface area contributed by atoms with Crippen molar-refractivity contribution in [2.45, 2.75) is 37.6 Å². The molecule has 2 aromatic rings. The molecule has 3 N–H and O–H groups in total. The molecule has 1 atom stereocenters. The first kappa shape index (κ1) is 16.2. The van der Waals surface area contributed by atoms with Gasteiger partial charge in [0.2, 0.25) is 10.0 Å². The van der Waals surface area contributed by atoms with Gasteiger partial charge in [0.25, 0.3) is 5.56 Å². The number of hydrogen-bond acceptors (Lipinski definition) is 5. The lowest BCUT2D eigenvalue weighted by atomic mass is 10.2. The summed E-state index contributed by atoms with van der Waals surface area (Å²) in [7, 11) is -4.02. The first-order chi connectivity index (χ1) is 10.3. The largest absolute Gasteiger partial charge is 0.469 e. The monoisotopic (exact) mass is 327 g/mol. The molecule has 0 bridgehead atoms. The van der Waals surface area contributed by atoms with E-state index < -0.39 is 32.2 Å². The van der Waals surface area contributed by atoms with Crippen LogP contribution in [0, 0.1) is 6.92 Å². The third-order valence-electron chi connectivity index (χ3n) is 3.10. The minimum atomic E-state index is -4.02. The lowest BCUT2D eigenvalue weighted by Gasteiger charge is -2.14. The predicted octanol–water partition coefficient (Wildman–Crippen LogP) is 0.264. The highest BCUT2D eigenvalue weighted by Gasteiger charge is 2.24. The van der Waals surface area contributed by atoms with Gasteiger partial charge < -0.3 is 9.40 Å². The van der Waals surface area contributed by atoms with Crippen LogP contribution in [0.2, 0.25) is 0 Å². The third-order valence-corrected chi connectivity index (χ3v) is 4.85. The second-order valence-electron chi connectivity index (χ2n) is 5.00. The topological polar surface area (TPSA) is 125 Å². The molecule has 9 heteroatoms. The Hall–Kier alpha value is -2.13. The number of furan rings is 1. The zero-order valence-corrected chi connectivity index (χ0v) is 13.0. The van der Waals surface area contributed by atoms with Crippen LogP contribution in [0.15, 0.2) is 37.3 Å². The van der Waals surface area contributed by atoms with Gasteiger partial charge >= 0.3 is 5.69 Å². The van der Waals surface area contributed by atoms with Gasteiger partial charge in [-0.2, -0.15) is 0 Å². The zero-order valence-electron chi connectivity index (χ0n) is 12.2. The summed E-state index contributed by atoms with van der Waals surface area (Å²) in [6.45, 7) is 3.05. The fourth-order valence-corrected chi connectivity index (χ4v) is 3.62. The highest BCUT2D eigenvalue weighted by Crippen LogP contribution is 2.10. The molecule has 0 radical (unpaired) electrons. The maximum Gasteiger partial charge on any atom is 0.325 e. The van der Waals surface area contributed by atoms with E-state index in [0.717, 1.165) is 5.76 Å². The van der Waals surface area contributed by atoms with Crippen molar-refractivity contribution in [1.29, 1.82) is 0 Å². The summed E-state index contributed by atoms with van der Waals surface area (Å²) in [6, 6.07) is 3.16. The van der Waals surface area contributed by atoms with Crippen LogP contribution in [0.25, 0.3) is 0 Å². The molecule has 0 fully saturated rings. The average Bonchev–Trinajstić information content (AvgIpc) is 2.86. The quantitative estimate of drug-likeness (QED) is 0.702. The average molecular weight is 327 g/mol. The van der Waals surface area contributed by atoms with E-state index in [4.69, 9.17) is 4.42 Å². The van der Waals surface area contributed by atoms with Crippen molar-refractivity contribution in [3.8, 4) is 0 Å². The predicted molar refractivity (Wildman–Crippen MR) is 79.2 cm³/mol. The van der Waals surface area contributed by atoms with Crippen molar-refractivity contribution in [3.63, 3.8) is 0 Å². The summed E-state index contributed by atoms with van der Waals surface area (Å²) in [4.78, 5) is 26.5. The van der Waals surface area contributed by atoms with Crippen molar-refractivity contribution in [1.82, 2.24) is 14.7 Å². The molecule has 8 nitrogen and oxygen atoms in total. The number of nitrogens with one attached hydrogen (secondary N) is 3. The molecule has 22 heavy (non-hydrogen) atoms. The number of aryl methyl sites for hydroxylation is 2. The maximum atomic E-state index is 12.3. The Morgan fingerprint density at radius 3 is 2.64 bits per heavy atom. The van der Waals surface area contributed by atoms with E-state index in [0.29, 0.717) is 12.8 Å². The second-order valence-corrected chi connectivity index (χ2v) is 6.65. The molecule has 2 aromatic heterocycles. The fourth-order valence-electron chi connectivity index (χ4n) is 2.11. The van der Waals surface area contributed by atoms with Gasteiger partial charge in [0, 0.05) is 18.2 Å². The molecule has 0 aliphatic rings. The number of sulfonamides is 1. The van der Waals surface area contributed by atoms with Crippen molar-refractivity contribution in [2.75, 3.05) is 0 Å². The highest BCUT2D eigenvalue weighted by atomic mass is 32.2. The highest BCUT2D eigenvalue weighted by molar-refractivity contribution is 7.89. The number of aromatic nitrogens is 2. The molecule has 2 heterocycles. The van der Waals surface area contributed by atoms with Gasteiger partial charge in [-0.05, 0) is 32.4 Å². The van der Waals surface area contributed by atoms with Crippen LogP contribution < -0.4 is 16.0 Å². The molecule has 0 aliphatic carbocycles. The Morgan fingerprint density at radius 1 is 1.32 bits per heavy atom. The van der Waals surface area contributed by atoms with E-state index >= 15 is 0 Å². The normalized spacial score (nSPS) is 13.2. The van der Waals surface area contributed by atoms with Crippen molar-refractivity contribution < 1.29 is 12.8 Å². The van der Waals surface area contributed by atoms with Crippen LogP contribution in [-0.4, -0.2) is 24.4 Å². The van der Waals surface area contributed by atoms with E-state index in [1.165, 1.54) is 6.92 Å². The summed E-state index contributed by atoms with van der Waals surface area (Å²) in [6.07, 6.45) is 2.62. The molecule has 0 spiro atoms. The first-order valence-corrected chi connectivity index (χ1v) is 8.16. The van der Waals surface area contributed by atoms with Gasteiger partial charge in [0.1, 0.15) is 5.76 Å². The van der Waals surface area contributed by atoms with Crippen LogP contribution >= 0.6 is 0 Å². The summed E-state index contributed by atoms with van der Waals surface area (Å²) >= 11 is 0. The number of rotatable bonds is 6. The maximum absolute atomic E-state index is 12.3. The van der Waals surface area contributed by atoms with Gasteiger partial charge in [-0.15, -0.1) is 0 Å². The van der Waals surface area contributed by atoms with Crippen LogP contribution in [0.3, 0.4) is 0 Å². The molecule has 0 saturated carbocycles. The van der Waals surface area contributed by atoms with Crippen LogP contribution in [0.1, 0.15) is 24.8 Å². The smallest absolute Gasteiger partial charge is 0.325 e. The van der Waals surface area contributed by atoms with Crippen LogP contribution in [-0.2, 0) is 16.4 Å². The Balaban J connectivity index is 2.14. The molecule has 0 saturated heterocycles.